The fourth-order valence-corrected chi connectivity index (χ4v) is 1.82. The number of carboxylic acids is 1. The Morgan fingerprint density at radius 1 is 1.47 bits per heavy atom. The standard InChI is InChI=1S/C12H15NO3S/c1-8(12(15)16)13-11(14)10-5-3-4-9(6-10)7-17-2/h3-6,8H,7H2,1-2H3,(H,13,14)(H,15,16)/t8-/m1/s1. The monoisotopic (exact) mass is 253 g/mol. The van der Waals surface area contributed by atoms with Gasteiger partial charge in [-0.15, -0.1) is 0 Å². The van der Waals surface area contributed by atoms with Gasteiger partial charge < -0.3 is 10.4 Å². The molecule has 0 aliphatic heterocycles. The minimum Gasteiger partial charge on any atom is -0.480 e. The summed E-state index contributed by atoms with van der Waals surface area (Å²) < 4.78 is 0. The zero-order valence-electron chi connectivity index (χ0n) is 9.77. The molecule has 0 saturated carbocycles. The first-order valence-electron chi connectivity index (χ1n) is 5.16. The Balaban J connectivity index is 2.75. The molecule has 4 nitrogen and oxygen atoms in total. The summed E-state index contributed by atoms with van der Waals surface area (Å²) >= 11 is 1.67. The molecule has 1 rings (SSSR count). The largest absolute Gasteiger partial charge is 0.480 e. The Bertz CT molecular complexity index is 420. The Labute approximate surface area is 104 Å². The van der Waals surface area contributed by atoms with Gasteiger partial charge in [0.05, 0.1) is 0 Å². The summed E-state index contributed by atoms with van der Waals surface area (Å²) in [6.45, 7) is 1.44. The van der Waals surface area contributed by atoms with E-state index in [1.165, 1.54) is 6.92 Å². The van der Waals surface area contributed by atoms with Crippen molar-refractivity contribution in [2.24, 2.45) is 0 Å². The molecule has 0 radical (unpaired) electrons. The predicted octanol–water partition coefficient (Wildman–Crippen LogP) is 1.75. The number of nitrogens with one attached hydrogen (secondary N) is 1. The number of carbonyl (C=O) groups excluding carboxylic acids is 1. The highest BCUT2D eigenvalue weighted by molar-refractivity contribution is 7.97. The highest BCUT2D eigenvalue weighted by atomic mass is 32.2. The second-order valence-corrected chi connectivity index (χ2v) is 4.53. The van der Waals surface area contributed by atoms with E-state index in [0.29, 0.717) is 5.56 Å². The molecule has 0 saturated heterocycles. The van der Waals surface area contributed by atoms with Gasteiger partial charge >= 0.3 is 5.97 Å². The summed E-state index contributed by atoms with van der Waals surface area (Å²) in [6.07, 6.45) is 1.99. The Kier molecular flexibility index (Phi) is 5.03. The van der Waals surface area contributed by atoms with Crippen LogP contribution in [0.25, 0.3) is 0 Å². The van der Waals surface area contributed by atoms with Crippen LogP contribution < -0.4 is 5.32 Å². The van der Waals surface area contributed by atoms with Crippen molar-refractivity contribution in [2.45, 2.75) is 18.7 Å². The first-order valence-corrected chi connectivity index (χ1v) is 6.55. The van der Waals surface area contributed by atoms with Gasteiger partial charge in [-0.1, -0.05) is 12.1 Å². The van der Waals surface area contributed by atoms with Gasteiger partial charge in [0, 0.05) is 11.3 Å². The van der Waals surface area contributed by atoms with Gasteiger partial charge in [0.2, 0.25) is 0 Å². The second-order valence-electron chi connectivity index (χ2n) is 3.67. The van der Waals surface area contributed by atoms with Gasteiger partial charge in [-0.2, -0.15) is 11.8 Å². The Morgan fingerprint density at radius 3 is 2.76 bits per heavy atom. The van der Waals surface area contributed by atoms with Crippen LogP contribution in [0, 0.1) is 0 Å². The van der Waals surface area contributed by atoms with Crippen LogP contribution in [0.4, 0.5) is 0 Å². The third kappa shape index (κ3) is 4.11. The number of hydrogen-bond donors (Lipinski definition) is 2. The number of carbonyl (C=O) groups is 2. The number of thioether (sulfide) groups is 1. The van der Waals surface area contributed by atoms with Crippen molar-refractivity contribution in [1.29, 1.82) is 0 Å². The maximum absolute atomic E-state index is 11.7. The molecule has 1 aromatic carbocycles. The Hall–Kier alpha value is -1.49. The van der Waals surface area contributed by atoms with Gasteiger partial charge in [-0.3, -0.25) is 9.59 Å². The number of aliphatic carboxylic acids is 1. The van der Waals surface area contributed by atoms with Gasteiger partial charge in [0.1, 0.15) is 6.04 Å². The summed E-state index contributed by atoms with van der Waals surface area (Å²) in [7, 11) is 0. The molecule has 5 heteroatoms. The van der Waals surface area contributed by atoms with E-state index < -0.39 is 12.0 Å². The molecule has 92 valence electrons. The number of carboxylic acid groups (broad SMARTS) is 1. The summed E-state index contributed by atoms with van der Waals surface area (Å²) in [5, 5.41) is 11.1. The van der Waals surface area contributed by atoms with E-state index >= 15 is 0 Å². The molecule has 0 aromatic heterocycles. The van der Waals surface area contributed by atoms with Gasteiger partial charge in [-0.05, 0) is 30.9 Å². The molecule has 0 aliphatic carbocycles. The topological polar surface area (TPSA) is 66.4 Å². The summed E-state index contributed by atoms with van der Waals surface area (Å²) in [5.74, 6) is -0.572. The molecule has 0 fully saturated rings. The smallest absolute Gasteiger partial charge is 0.325 e. The van der Waals surface area contributed by atoms with E-state index in [1.54, 1.807) is 30.0 Å². The predicted molar refractivity (Wildman–Crippen MR) is 68.2 cm³/mol. The van der Waals surface area contributed by atoms with Gasteiger partial charge in [0.15, 0.2) is 0 Å². The summed E-state index contributed by atoms with van der Waals surface area (Å²) in [4.78, 5) is 22.4. The first-order chi connectivity index (χ1) is 8.04. The van der Waals surface area contributed by atoms with Crippen LogP contribution in [0.5, 0.6) is 0 Å². The molecule has 1 aromatic rings. The van der Waals surface area contributed by atoms with Crippen LogP contribution in [0.3, 0.4) is 0 Å². The van der Waals surface area contributed by atoms with Crippen molar-refractivity contribution in [3.8, 4) is 0 Å². The van der Waals surface area contributed by atoms with E-state index in [9.17, 15) is 9.59 Å². The van der Waals surface area contributed by atoms with Gasteiger partial charge in [-0.25, -0.2) is 0 Å². The number of hydrogen-bond acceptors (Lipinski definition) is 3. The van der Waals surface area contributed by atoms with Crippen LogP contribution >= 0.6 is 11.8 Å². The number of benzene rings is 1. The maximum atomic E-state index is 11.7. The maximum Gasteiger partial charge on any atom is 0.325 e. The molecule has 0 spiro atoms. The molecular weight excluding hydrogens is 238 g/mol. The minimum atomic E-state index is -1.04. The van der Waals surface area contributed by atoms with Crippen molar-refractivity contribution in [2.75, 3.05) is 6.26 Å². The molecule has 1 atom stereocenters. The average molecular weight is 253 g/mol. The summed E-state index contributed by atoms with van der Waals surface area (Å²) in [5.41, 5.74) is 1.54. The fraction of sp³-hybridized carbons (Fsp3) is 0.333. The lowest BCUT2D eigenvalue weighted by atomic mass is 10.1. The zero-order valence-corrected chi connectivity index (χ0v) is 10.6. The third-order valence-corrected chi connectivity index (χ3v) is 2.84. The molecular formula is C12H15NO3S. The second kappa shape index (κ2) is 6.30. The van der Waals surface area contributed by atoms with E-state index in [4.69, 9.17) is 5.11 Å². The number of amides is 1. The van der Waals surface area contributed by atoms with Crippen LogP contribution in [0.1, 0.15) is 22.8 Å². The van der Waals surface area contributed by atoms with Gasteiger partial charge in [0.25, 0.3) is 5.91 Å². The molecule has 1 amide bonds. The van der Waals surface area contributed by atoms with E-state index in [-0.39, 0.29) is 5.91 Å². The summed E-state index contributed by atoms with van der Waals surface area (Å²) in [6, 6.07) is 6.31. The fourth-order valence-electron chi connectivity index (χ4n) is 1.31. The molecule has 17 heavy (non-hydrogen) atoms. The SMILES string of the molecule is CSCc1cccc(C(=O)N[C@H](C)C(=O)O)c1. The molecule has 0 heterocycles. The zero-order chi connectivity index (χ0) is 12.8. The number of rotatable bonds is 5. The van der Waals surface area contributed by atoms with Crippen molar-refractivity contribution in [3.63, 3.8) is 0 Å². The minimum absolute atomic E-state index is 0.358. The van der Waals surface area contributed by atoms with E-state index in [1.807, 2.05) is 12.3 Å². The molecule has 0 unspecified atom stereocenters. The first kappa shape index (κ1) is 13.6. The van der Waals surface area contributed by atoms with Crippen molar-refractivity contribution in [3.05, 3.63) is 35.4 Å². The lowest BCUT2D eigenvalue weighted by Gasteiger charge is -2.09. The Morgan fingerprint density at radius 2 is 2.18 bits per heavy atom. The average Bonchev–Trinajstić information content (AvgIpc) is 2.29. The lowest BCUT2D eigenvalue weighted by molar-refractivity contribution is -0.138. The van der Waals surface area contributed by atoms with Crippen LogP contribution in [-0.4, -0.2) is 29.3 Å². The van der Waals surface area contributed by atoms with Crippen LogP contribution in [0.2, 0.25) is 0 Å². The van der Waals surface area contributed by atoms with Crippen LogP contribution in [0.15, 0.2) is 24.3 Å². The van der Waals surface area contributed by atoms with Crippen molar-refractivity contribution in [1.82, 2.24) is 5.32 Å². The van der Waals surface area contributed by atoms with Crippen molar-refractivity contribution < 1.29 is 14.7 Å². The molecule has 0 bridgehead atoms. The third-order valence-electron chi connectivity index (χ3n) is 2.22. The molecule has 2 N–H and O–H groups in total. The van der Waals surface area contributed by atoms with E-state index in [2.05, 4.69) is 5.32 Å². The molecule has 0 aliphatic rings. The normalized spacial score (nSPS) is 11.9. The van der Waals surface area contributed by atoms with Crippen molar-refractivity contribution >= 4 is 23.6 Å². The van der Waals surface area contributed by atoms with E-state index in [0.717, 1.165) is 11.3 Å². The highest BCUT2D eigenvalue weighted by Crippen LogP contribution is 2.11. The quantitative estimate of drug-likeness (QED) is 0.839. The lowest BCUT2D eigenvalue weighted by Crippen LogP contribution is -2.38. The highest BCUT2D eigenvalue weighted by Gasteiger charge is 2.15. The van der Waals surface area contributed by atoms with Crippen LogP contribution in [-0.2, 0) is 10.5 Å².